The number of hydrogen-bond donors (Lipinski definition) is 2. The largest absolute Gasteiger partial charge is 0.364 e. The molecule has 0 aliphatic heterocycles. The van der Waals surface area contributed by atoms with E-state index in [0.717, 1.165) is 6.42 Å². The van der Waals surface area contributed by atoms with Crippen molar-refractivity contribution in [2.45, 2.75) is 20.3 Å². The van der Waals surface area contributed by atoms with Gasteiger partial charge in [-0.2, -0.15) is 0 Å². The van der Waals surface area contributed by atoms with Gasteiger partial charge < -0.3 is 10.6 Å². The Balaban J connectivity index is 2.24. The van der Waals surface area contributed by atoms with E-state index in [1.807, 2.05) is 0 Å². The quantitative estimate of drug-likeness (QED) is 0.580. The second-order valence-electron chi connectivity index (χ2n) is 5.42. The highest BCUT2D eigenvalue weighted by Crippen LogP contribution is 2.31. The maximum absolute atomic E-state index is 11.4. The summed E-state index contributed by atoms with van der Waals surface area (Å²) in [7, 11) is 0. The molecule has 0 radical (unpaired) electrons. The zero-order valence-corrected chi connectivity index (χ0v) is 13.7. The molecule has 1 aromatic carbocycles. The Morgan fingerprint density at radius 3 is 2.48 bits per heavy atom. The van der Waals surface area contributed by atoms with Crippen LogP contribution >= 0.6 is 11.6 Å². The summed E-state index contributed by atoms with van der Waals surface area (Å²) in [6.45, 7) is 4.78. The Morgan fingerprint density at radius 1 is 1.22 bits per heavy atom. The van der Waals surface area contributed by atoms with Crippen molar-refractivity contribution >= 4 is 34.6 Å². The molecule has 0 spiro atoms. The van der Waals surface area contributed by atoms with E-state index < -0.39 is 4.92 Å². The fourth-order valence-corrected chi connectivity index (χ4v) is 2.05. The molecule has 122 valence electrons. The fourth-order valence-electron chi connectivity index (χ4n) is 1.92. The summed E-state index contributed by atoms with van der Waals surface area (Å²) in [4.78, 5) is 18.9. The number of nitrogens with zero attached hydrogens (tertiary/aromatic N) is 3. The zero-order valence-electron chi connectivity index (χ0n) is 12.9. The molecular formula is C15H18ClN5O2. The molecule has 7 nitrogen and oxygen atoms in total. The number of rotatable bonds is 7. The molecule has 8 heteroatoms. The number of benzene rings is 1. The molecule has 0 amide bonds. The third kappa shape index (κ3) is 4.79. The summed E-state index contributed by atoms with van der Waals surface area (Å²) in [6, 6.07) is 6.83. The maximum atomic E-state index is 11.4. The van der Waals surface area contributed by atoms with Crippen LogP contribution < -0.4 is 10.6 Å². The van der Waals surface area contributed by atoms with Crippen LogP contribution in [0.1, 0.15) is 20.3 Å². The number of aromatic nitrogens is 2. The molecule has 2 aromatic rings. The first kappa shape index (κ1) is 17.0. The van der Waals surface area contributed by atoms with Gasteiger partial charge in [-0.15, -0.1) is 0 Å². The second kappa shape index (κ2) is 7.73. The average Bonchev–Trinajstić information content (AvgIpc) is 2.49. The highest BCUT2D eigenvalue weighted by atomic mass is 35.5. The van der Waals surface area contributed by atoms with E-state index in [9.17, 15) is 10.1 Å². The lowest BCUT2D eigenvalue weighted by Crippen LogP contribution is -2.10. The summed E-state index contributed by atoms with van der Waals surface area (Å²) in [5.74, 6) is 0.844. The van der Waals surface area contributed by atoms with Crippen LogP contribution in [0.25, 0.3) is 0 Å². The Kier molecular flexibility index (Phi) is 5.70. The van der Waals surface area contributed by atoms with Gasteiger partial charge in [-0.1, -0.05) is 25.4 Å². The van der Waals surface area contributed by atoms with Crippen LogP contribution in [-0.4, -0.2) is 21.4 Å². The highest BCUT2D eigenvalue weighted by molar-refractivity contribution is 6.30. The molecule has 0 aliphatic rings. The average molecular weight is 336 g/mol. The lowest BCUT2D eigenvalue weighted by atomic mass is 10.1. The molecule has 0 bridgehead atoms. The number of halogens is 1. The topological polar surface area (TPSA) is 93.0 Å². The lowest BCUT2D eigenvalue weighted by molar-refractivity contribution is -0.383. The minimum Gasteiger partial charge on any atom is -0.364 e. The van der Waals surface area contributed by atoms with E-state index in [-0.39, 0.29) is 17.3 Å². The van der Waals surface area contributed by atoms with Gasteiger partial charge in [0.1, 0.15) is 6.33 Å². The monoisotopic (exact) mass is 335 g/mol. The predicted octanol–water partition coefficient (Wildman–Crippen LogP) is 4.24. The summed E-state index contributed by atoms with van der Waals surface area (Å²) in [5, 5.41) is 17.9. The Labute approximate surface area is 139 Å². The molecule has 0 saturated heterocycles. The molecule has 0 fully saturated rings. The van der Waals surface area contributed by atoms with Gasteiger partial charge >= 0.3 is 5.69 Å². The summed E-state index contributed by atoms with van der Waals surface area (Å²) in [5.41, 5.74) is 0.482. The fraction of sp³-hybridized carbons (Fsp3) is 0.333. The van der Waals surface area contributed by atoms with Crippen molar-refractivity contribution in [1.29, 1.82) is 0 Å². The van der Waals surface area contributed by atoms with E-state index in [0.29, 0.717) is 23.2 Å². The summed E-state index contributed by atoms with van der Waals surface area (Å²) < 4.78 is 0. The SMILES string of the molecule is CC(C)CCNc1ncnc(Nc2ccc(Cl)cc2)c1[N+](=O)[O-]. The van der Waals surface area contributed by atoms with Gasteiger partial charge in [0.2, 0.25) is 11.6 Å². The van der Waals surface area contributed by atoms with Gasteiger partial charge in [-0.3, -0.25) is 10.1 Å². The first-order valence-corrected chi connectivity index (χ1v) is 7.61. The number of hydrogen-bond acceptors (Lipinski definition) is 6. The molecule has 0 atom stereocenters. The van der Waals surface area contributed by atoms with E-state index >= 15 is 0 Å². The van der Waals surface area contributed by atoms with Gasteiger partial charge in [-0.05, 0) is 36.6 Å². The molecule has 0 aliphatic carbocycles. The Hall–Kier alpha value is -2.41. The molecule has 2 rings (SSSR count). The minimum atomic E-state index is -0.490. The van der Waals surface area contributed by atoms with Gasteiger partial charge in [-0.25, -0.2) is 9.97 Å². The van der Waals surface area contributed by atoms with Crippen LogP contribution in [0.15, 0.2) is 30.6 Å². The molecule has 2 N–H and O–H groups in total. The van der Waals surface area contributed by atoms with Gasteiger partial charge in [0, 0.05) is 17.3 Å². The van der Waals surface area contributed by atoms with E-state index in [4.69, 9.17) is 11.6 Å². The highest BCUT2D eigenvalue weighted by Gasteiger charge is 2.22. The third-order valence-corrected chi connectivity index (χ3v) is 3.38. The number of nitro groups is 1. The van der Waals surface area contributed by atoms with Crippen LogP contribution in [0, 0.1) is 16.0 Å². The molecule has 0 unspecified atom stereocenters. The molecule has 0 saturated carbocycles. The Bertz CT molecular complexity index is 676. The summed E-state index contributed by atoms with van der Waals surface area (Å²) >= 11 is 5.83. The van der Waals surface area contributed by atoms with Gasteiger partial charge in [0.25, 0.3) is 0 Å². The van der Waals surface area contributed by atoms with Crippen LogP contribution in [0.5, 0.6) is 0 Å². The molecular weight excluding hydrogens is 318 g/mol. The predicted molar refractivity (Wildman–Crippen MR) is 91.4 cm³/mol. The number of nitrogens with one attached hydrogen (secondary N) is 2. The maximum Gasteiger partial charge on any atom is 0.353 e. The van der Waals surface area contributed by atoms with Crippen LogP contribution in [0.3, 0.4) is 0 Å². The summed E-state index contributed by atoms with van der Waals surface area (Å²) in [6.07, 6.45) is 2.18. The zero-order chi connectivity index (χ0) is 16.8. The van der Waals surface area contributed by atoms with Crippen molar-refractivity contribution < 1.29 is 4.92 Å². The van der Waals surface area contributed by atoms with Gasteiger partial charge in [0.15, 0.2) is 0 Å². The Morgan fingerprint density at radius 2 is 1.87 bits per heavy atom. The van der Waals surface area contributed by atoms with Crippen molar-refractivity contribution in [3.05, 3.63) is 45.7 Å². The number of anilines is 3. The van der Waals surface area contributed by atoms with E-state index in [1.54, 1.807) is 24.3 Å². The van der Waals surface area contributed by atoms with Crippen molar-refractivity contribution in [2.75, 3.05) is 17.2 Å². The van der Waals surface area contributed by atoms with Crippen molar-refractivity contribution in [1.82, 2.24) is 9.97 Å². The standard InChI is InChI=1S/C15H18ClN5O2/c1-10(2)7-8-17-14-13(21(22)23)15(19-9-18-14)20-12-5-3-11(16)4-6-12/h3-6,9-10H,7-8H2,1-2H3,(H2,17,18,19,20). The van der Waals surface area contributed by atoms with Crippen molar-refractivity contribution in [3.8, 4) is 0 Å². The smallest absolute Gasteiger partial charge is 0.353 e. The van der Waals surface area contributed by atoms with E-state index in [1.165, 1.54) is 6.33 Å². The first-order chi connectivity index (χ1) is 11.0. The van der Waals surface area contributed by atoms with Crippen LogP contribution in [0.2, 0.25) is 5.02 Å². The van der Waals surface area contributed by atoms with Crippen molar-refractivity contribution in [3.63, 3.8) is 0 Å². The lowest BCUT2D eigenvalue weighted by Gasteiger charge is -2.11. The van der Waals surface area contributed by atoms with Crippen LogP contribution in [0.4, 0.5) is 23.0 Å². The normalized spacial score (nSPS) is 10.6. The van der Waals surface area contributed by atoms with E-state index in [2.05, 4.69) is 34.4 Å². The molecule has 1 aromatic heterocycles. The molecule has 23 heavy (non-hydrogen) atoms. The minimum absolute atomic E-state index is 0.138. The third-order valence-electron chi connectivity index (χ3n) is 3.13. The van der Waals surface area contributed by atoms with Crippen molar-refractivity contribution in [2.24, 2.45) is 5.92 Å². The second-order valence-corrected chi connectivity index (χ2v) is 5.85. The van der Waals surface area contributed by atoms with Crippen LogP contribution in [-0.2, 0) is 0 Å². The molecule has 1 heterocycles. The first-order valence-electron chi connectivity index (χ1n) is 7.23. The van der Waals surface area contributed by atoms with Gasteiger partial charge in [0.05, 0.1) is 4.92 Å².